The van der Waals surface area contributed by atoms with Crippen molar-refractivity contribution in [2.24, 2.45) is 10.7 Å². The number of hydrogen-bond acceptors (Lipinski definition) is 6. The van der Waals surface area contributed by atoms with Crippen LogP contribution in [0.3, 0.4) is 0 Å². The van der Waals surface area contributed by atoms with Gasteiger partial charge in [-0.3, -0.25) is 14.0 Å². The molecule has 1 amide bonds. The fourth-order valence-electron chi connectivity index (χ4n) is 3.59. The molecule has 0 aromatic heterocycles. The van der Waals surface area contributed by atoms with E-state index in [0.717, 1.165) is 10.6 Å². The average Bonchev–Trinajstić information content (AvgIpc) is 2.71. The van der Waals surface area contributed by atoms with Crippen LogP contribution >= 0.6 is 0 Å². The minimum Gasteiger partial charge on any atom is -0.369 e. The zero-order valence-electron chi connectivity index (χ0n) is 17.2. The Morgan fingerprint density at radius 3 is 2.43 bits per heavy atom. The van der Waals surface area contributed by atoms with E-state index in [1.807, 2.05) is 13.0 Å². The quantitative estimate of drug-likeness (QED) is 0.800. The highest BCUT2D eigenvalue weighted by molar-refractivity contribution is 7.92. The lowest BCUT2D eigenvalue weighted by atomic mass is 9.74. The van der Waals surface area contributed by atoms with Gasteiger partial charge in [0.15, 0.2) is 5.96 Å². The van der Waals surface area contributed by atoms with Crippen molar-refractivity contribution in [1.82, 2.24) is 4.90 Å². The number of rotatable bonds is 4. The van der Waals surface area contributed by atoms with Crippen LogP contribution in [-0.2, 0) is 20.4 Å². The first-order valence-electron chi connectivity index (χ1n) is 9.16. The third kappa shape index (κ3) is 3.62. The normalized spacial score (nSPS) is 21.7. The summed E-state index contributed by atoms with van der Waals surface area (Å²) in [7, 11) is -0.379. The first-order valence-corrected chi connectivity index (χ1v) is 11.0. The first-order chi connectivity index (χ1) is 14.0. The largest absolute Gasteiger partial charge is 0.369 e. The number of sulfonamides is 1. The Morgan fingerprint density at radius 2 is 1.87 bits per heavy atom. The van der Waals surface area contributed by atoms with E-state index in [-0.39, 0.29) is 11.9 Å². The van der Waals surface area contributed by atoms with Crippen molar-refractivity contribution >= 4 is 27.6 Å². The zero-order chi connectivity index (χ0) is 22.3. The molecule has 0 spiro atoms. The molecule has 0 radical (unpaired) electrons. The first kappa shape index (κ1) is 21.3. The Hall–Kier alpha value is -3.38. The molecule has 2 aromatic carbocycles. The minimum atomic E-state index is -3.40. The third-order valence-corrected chi connectivity index (χ3v) is 6.70. The molecular weight excluding hydrogens is 402 g/mol. The molecule has 1 aliphatic heterocycles. The molecule has 0 saturated carbocycles. The van der Waals surface area contributed by atoms with Gasteiger partial charge in [0.1, 0.15) is 5.54 Å². The highest BCUT2D eigenvalue weighted by atomic mass is 32.2. The van der Waals surface area contributed by atoms with Crippen molar-refractivity contribution < 1.29 is 13.2 Å². The monoisotopic (exact) mass is 425 g/mol. The van der Waals surface area contributed by atoms with Crippen molar-refractivity contribution in [3.63, 3.8) is 0 Å². The Bertz CT molecular complexity index is 1170. The summed E-state index contributed by atoms with van der Waals surface area (Å²) in [4.78, 5) is 19.2. The number of hydrogen-bond donors (Lipinski definition) is 1. The number of anilines is 1. The summed E-state index contributed by atoms with van der Waals surface area (Å²) in [6.07, 6.45) is 1.12. The summed E-state index contributed by atoms with van der Waals surface area (Å²) in [5.74, 6) is -0.854. The van der Waals surface area contributed by atoms with E-state index in [9.17, 15) is 18.5 Å². The maximum absolute atomic E-state index is 13.3. The van der Waals surface area contributed by atoms with Crippen molar-refractivity contribution in [2.75, 3.05) is 24.7 Å². The van der Waals surface area contributed by atoms with Crippen LogP contribution in [0, 0.1) is 11.3 Å². The molecule has 2 atom stereocenters. The van der Waals surface area contributed by atoms with E-state index >= 15 is 0 Å². The smallest absolute Gasteiger partial charge is 0.239 e. The molecule has 9 heteroatoms. The number of guanidine groups is 1. The minimum absolute atomic E-state index is 0.0922. The molecular formula is C21H23N5O3S. The van der Waals surface area contributed by atoms with Gasteiger partial charge in [-0.05, 0) is 42.3 Å². The SMILES string of the molecule is CN1C(=O)[C@H](c2ccc(N(C)S(C)(=O)=O)cc2)[C@@](C)(c2cccc(C#N)c2)N=C1N. The third-order valence-electron chi connectivity index (χ3n) is 5.49. The van der Waals surface area contributed by atoms with Crippen molar-refractivity contribution in [2.45, 2.75) is 18.4 Å². The average molecular weight is 426 g/mol. The summed E-state index contributed by atoms with van der Waals surface area (Å²) in [6.45, 7) is 1.81. The predicted molar refractivity (Wildman–Crippen MR) is 115 cm³/mol. The summed E-state index contributed by atoms with van der Waals surface area (Å²) >= 11 is 0. The number of nitrogens with two attached hydrogens (primary N) is 1. The molecule has 2 aromatic rings. The summed E-state index contributed by atoms with van der Waals surface area (Å²) < 4.78 is 24.8. The number of amides is 1. The standard InChI is InChI=1S/C21H23N5O3S/c1-21(16-7-5-6-14(12-16)13-22)18(19(27)25(2)20(23)24-21)15-8-10-17(11-9-15)26(3)30(4,28)29/h5-12,18H,1-4H3,(H2,23,24)/t18-,21+/m0/s1. The molecule has 156 valence electrons. The van der Waals surface area contributed by atoms with Crippen LogP contribution < -0.4 is 10.0 Å². The van der Waals surface area contributed by atoms with Gasteiger partial charge in [-0.15, -0.1) is 0 Å². The van der Waals surface area contributed by atoms with Crippen LogP contribution in [0.4, 0.5) is 5.69 Å². The van der Waals surface area contributed by atoms with E-state index in [1.165, 1.54) is 11.9 Å². The molecule has 0 unspecified atom stereocenters. The van der Waals surface area contributed by atoms with Gasteiger partial charge in [0.2, 0.25) is 15.9 Å². The fourth-order valence-corrected chi connectivity index (χ4v) is 4.10. The van der Waals surface area contributed by atoms with Crippen LogP contribution in [0.15, 0.2) is 53.5 Å². The Morgan fingerprint density at radius 1 is 1.23 bits per heavy atom. The molecule has 1 heterocycles. The van der Waals surface area contributed by atoms with Gasteiger partial charge in [-0.2, -0.15) is 5.26 Å². The number of benzene rings is 2. The lowest BCUT2D eigenvalue weighted by molar-refractivity contribution is -0.130. The van der Waals surface area contributed by atoms with Gasteiger partial charge < -0.3 is 5.73 Å². The predicted octanol–water partition coefficient (Wildman–Crippen LogP) is 1.74. The molecule has 30 heavy (non-hydrogen) atoms. The van der Waals surface area contributed by atoms with Gasteiger partial charge in [-0.1, -0.05) is 24.3 Å². The molecule has 1 aliphatic rings. The summed E-state index contributed by atoms with van der Waals surface area (Å²) in [5.41, 5.74) is 7.27. The van der Waals surface area contributed by atoms with Crippen LogP contribution in [0.25, 0.3) is 0 Å². The maximum atomic E-state index is 13.3. The Labute approximate surface area is 176 Å². The molecule has 3 rings (SSSR count). The number of aliphatic imine (C=N–C) groups is 1. The molecule has 2 N–H and O–H groups in total. The fraction of sp³-hybridized carbons (Fsp3) is 0.286. The highest BCUT2D eigenvalue weighted by Gasteiger charge is 2.47. The van der Waals surface area contributed by atoms with Gasteiger partial charge in [-0.25, -0.2) is 13.4 Å². The number of nitriles is 1. The van der Waals surface area contributed by atoms with Gasteiger partial charge in [0.25, 0.3) is 0 Å². The lowest BCUT2D eigenvalue weighted by Crippen LogP contribution is -2.52. The maximum Gasteiger partial charge on any atom is 0.239 e. The lowest BCUT2D eigenvalue weighted by Gasteiger charge is -2.41. The van der Waals surface area contributed by atoms with Crippen LogP contribution in [0.1, 0.15) is 29.5 Å². The second kappa shape index (κ2) is 7.46. The van der Waals surface area contributed by atoms with E-state index in [4.69, 9.17) is 5.73 Å². The second-order valence-corrected chi connectivity index (χ2v) is 9.48. The summed E-state index contributed by atoms with van der Waals surface area (Å²) in [6, 6.07) is 15.8. The number of likely N-dealkylation sites (N-methyl/N-ethyl adjacent to an activating group) is 1. The van der Waals surface area contributed by atoms with E-state index in [2.05, 4.69) is 11.1 Å². The van der Waals surface area contributed by atoms with Crippen molar-refractivity contribution in [3.05, 3.63) is 65.2 Å². The number of carbonyl (C=O) groups excluding carboxylic acids is 1. The van der Waals surface area contributed by atoms with Crippen LogP contribution in [0.5, 0.6) is 0 Å². The molecule has 0 saturated heterocycles. The molecule has 0 fully saturated rings. The number of carbonyl (C=O) groups is 1. The second-order valence-electron chi connectivity index (χ2n) is 7.46. The Kier molecular flexibility index (Phi) is 5.31. The number of nitrogens with zero attached hydrogens (tertiary/aromatic N) is 4. The topological polar surface area (TPSA) is 120 Å². The van der Waals surface area contributed by atoms with Gasteiger partial charge in [0.05, 0.1) is 29.5 Å². The zero-order valence-corrected chi connectivity index (χ0v) is 18.0. The van der Waals surface area contributed by atoms with Crippen molar-refractivity contribution in [3.8, 4) is 6.07 Å². The molecule has 0 aliphatic carbocycles. The van der Waals surface area contributed by atoms with Crippen LogP contribution in [0.2, 0.25) is 0 Å². The molecule has 8 nitrogen and oxygen atoms in total. The molecule has 0 bridgehead atoms. The highest BCUT2D eigenvalue weighted by Crippen LogP contribution is 2.44. The van der Waals surface area contributed by atoms with E-state index < -0.39 is 21.5 Å². The van der Waals surface area contributed by atoms with Gasteiger partial charge >= 0.3 is 0 Å². The van der Waals surface area contributed by atoms with Crippen LogP contribution in [-0.4, -0.2) is 45.5 Å². The van der Waals surface area contributed by atoms with Crippen molar-refractivity contribution in [1.29, 1.82) is 5.26 Å². The Balaban J connectivity index is 2.15. The summed E-state index contributed by atoms with van der Waals surface area (Å²) in [5, 5.41) is 9.28. The van der Waals surface area contributed by atoms with E-state index in [0.29, 0.717) is 22.4 Å². The van der Waals surface area contributed by atoms with Gasteiger partial charge in [0, 0.05) is 14.1 Å². The van der Waals surface area contributed by atoms with E-state index in [1.54, 1.807) is 49.5 Å².